The maximum atomic E-state index is 5.98. The minimum atomic E-state index is -0.354. The van der Waals surface area contributed by atoms with Crippen molar-refractivity contribution in [3.63, 3.8) is 0 Å². The van der Waals surface area contributed by atoms with Crippen LogP contribution in [0.1, 0.15) is 22.2 Å². The summed E-state index contributed by atoms with van der Waals surface area (Å²) in [4.78, 5) is 7.25. The summed E-state index contributed by atoms with van der Waals surface area (Å²) in [5.41, 5.74) is 6.88. The third kappa shape index (κ3) is 4.68. The molecule has 0 aliphatic carbocycles. The third-order valence-corrected chi connectivity index (χ3v) is 5.79. The summed E-state index contributed by atoms with van der Waals surface area (Å²) < 4.78 is 5.98. The predicted octanol–water partition coefficient (Wildman–Crippen LogP) is 3.36. The van der Waals surface area contributed by atoms with Crippen LogP contribution in [0.15, 0.2) is 34.0 Å². The van der Waals surface area contributed by atoms with Gasteiger partial charge in [0, 0.05) is 22.7 Å². The molecular weight excluding hydrogens is 441 g/mol. The number of nitrogens with two attached hydrogens (primary N) is 1. The van der Waals surface area contributed by atoms with E-state index in [1.807, 2.05) is 0 Å². The molecule has 3 N–H and O–H groups in total. The topological polar surface area (TPSA) is 59.6 Å². The molecule has 3 heterocycles. The fourth-order valence-electron chi connectivity index (χ4n) is 2.64. The van der Waals surface area contributed by atoms with Crippen LogP contribution in [0.25, 0.3) is 0 Å². The second-order valence-electron chi connectivity index (χ2n) is 5.54. The maximum Gasteiger partial charge on any atom is 0.188 e. The Morgan fingerprint density at radius 3 is 3.04 bits per heavy atom. The Morgan fingerprint density at radius 1 is 1.39 bits per heavy atom. The molecule has 1 aliphatic rings. The zero-order valence-corrected chi connectivity index (χ0v) is 17.0. The largest absolute Gasteiger partial charge is 0.370 e. The van der Waals surface area contributed by atoms with Gasteiger partial charge in [-0.25, -0.2) is 0 Å². The molecule has 0 saturated heterocycles. The monoisotopic (exact) mass is 463 g/mol. The fraction of sp³-hybridized carbons (Fsp3) is 0.438. The van der Waals surface area contributed by atoms with E-state index in [1.165, 1.54) is 15.3 Å². The van der Waals surface area contributed by atoms with E-state index in [4.69, 9.17) is 10.5 Å². The molecule has 1 unspecified atom stereocenters. The van der Waals surface area contributed by atoms with Crippen molar-refractivity contribution in [3.05, 3.63) is 44.3 Å². The fourth-order valence-corrected chi connectivity index (χ4v) is 4.33. The SMILES string of the molecule is CC1(CN=C(N)NCCc2cccs2)OCCc2sccc21.I. The maximum absolute atomic E-state index is 5.98. The van der Waals surface area contributed by atoms with Gasteiger partial charge in [-0.15, -0.1) is 46.7 Å². The summed E-state index contributed by atoms with van der Waals surface area (Å²) in [6, 6.07) is 6.35. The molecule has 4 nitrogen and oxygen atoms in total. The number of fused-ring (bicyclic) bond motifs is 1. The van der Waals surface area contributed by atoms with E-state index in [0.717, 1.165) is 26.0 Å². The molecular formula is C16H22IN3OS2. The molecule has 0 amide bonds. The van der Waals surface area contributed by atoms with Crippen molar-refractivity contribution in [1.29, 1.82) is 0 Å². The molecule has 1 aliphatic heterocycles. The Morgan fingerprint density at radius 2 is 2.26 bits per heavy atom. The average molecular weight is 463 g/mol. The quantitative estimate of drug-likeness (QED) is 0.406. The Labute approximate surface area is 162 Å². The third-order valence-electron chi connectivity index (χ3n) is 3.87. The van der Waals surface area contributed by atoms with Crippen LogP contribution in [-0.4, -0.2) is 25.7 Å². The van der Waals surface area contributed by atoms with Gasteiger partial charge in [0.25, 0.3) is 0 Å². The van der Waals surface area contributed by atoms with Crippen molar-refractivity contribution in [2.24, 2.45) is 10.7 Å². The first-order valence-electron chi connectivity index (χ1n) is 7.44. The molecule has 1 atom stereocenters. The summed E-state index contributed by atoms with van der Waals surface area (Å²) in [5.74, 6) is 0.490. The lowest BCUT2D eigenvalue weighted by Gasteiger charge is -2.33. The van der Waals surface area contributed by atoms with Gasteiger partial charge in [-0.3, -0.25) is 4.99 Å². The smallest absolute Gasteiger partial charge is 0.188 e. The van der Waals surface area contributed by atoms with Gasteiger partial charge < -0.3 is 15.8 Å². The first-order valence-corrected chi connectivity index (χ1v) is 9.20. The highest BCUT2D eigenvalue weighted by Gasteiger charge is 2.33. The number of thiophene rings is 2. The summed E-state index contributed by atoms with van der Waals surface area (Å²) in [6.07, 6.45) is 1.97. The lowest BCUT2D eigenvalue weighted by atomic mass is 9.93. The number of hydrogen-bond acceptors (Lipinski definition) is 4. The number of nitrogens with one attached hydrogen (secondary N) is 1. The van der Waals surface area contributed by atoms with E-state index in [0.29, 0.717) is 12.5 Å². The minimum absolute atomic E-state index is 0. The standard InChI is InChI=1S/C16H21N3OS2.HI/c1-16(13-6-10-22-14(13)5-8-20-16)11-19-15(17)18-7-4-12-3-2-9-21-12;/h2-3,6,9-10H,4-5,7-8,11H2,1H3,(H3,17,18,19);1H. The predicted molar refractivity (Wildman–Crippen MR) is 109 cm³/mol. The molecule has 0 bridgehead atoms. The zero-order chi connectivity index (χ0) is 15.4. The molecule has 0 radical (unpaired) electrons. The van der Waals surface area contributed by atoms with E-state index in [1.54, 1.807) is 22.7 Å². The van der Waals surface area contributed by atoms with Gasteiger partial charge in [0.1, 0.15) is 5.60 Å². The number of nitrogens with zero attached hydrogens (tertiary/aromatic N) is 1. The molecule has 2 aromatic heterocycles. The number of guanidine groups is 1. The Bertz CT molecular complexity index is 642. The van der Waals surface area contributed by atoms with Crippen LogP contribution in [0.2, 0.25) is 0 Å². The Kier molecular flexibility index (Phi) is 6.87. The van der Waals surface area contributed by atoms with Crippen molar-refractivity contribution in [1.82, 2.24) is 5.32 Å². The van der Waals surface area contributed by atoms with Crippen molar-refractivity contribution < 1.29 is 4.74 Å². The van der Waals surface area contributed by atoms with Gasteiger partial charge in [-0.2, -0.15) is 0 Å². The van der Waals surface area contributed by atoms with Crippen LogP contribution in [0.5, 0.6) is 0 Å². The highest BCUT2D eigenvalue weighted by atomic mass is 127. The first kappa shape index (κ1) is 18.7. The van der Waals surface area contributed by atoms with Crippen molar-refractivity contribution in [3.8, 4) is 0 Å². The number of aliphatic imine (C=N–C) groups is 1. The highest BCUT2D eigenvalue weighted by molar-refractivity contribution is 14.0. The van der Waals surface area contributed by atoms with Crippen LogP contribution >= 0.6 is 46.7 Å². The number of ether oxygens (including phenoxy) is 1. The summed E-state index contributed by atoms with van der Waals surface area (Å²) in [7, 11) is 0. The van der Waals surface area contributed by atoms with Crippen LogP contribution in [0, 0.1) is 0 Å². The van der Waals surface area contributed by atoms with E-state index in [2.05, 4.69) is 46.2 Å². The second-order valence-corrected chi connectivity index (χ2v) is 7.58. The van der Waals surface area contributed by atoms with Gasteiger partial charge in [0.15, 0.2) is 5.96 Å². The molecule has 126 valence electrons. The summed E-state index contributed by atoms with van der Waals surface area (Å²) in [5, 5.41) is 7.40. The average Bonchev–Trinajstić information content (AvgIpc) is 3.17. The Balaban J connectivity index is 0.00000192. The molecule has 2 aromatic rings. The second kappa shape index (κ2) is 8.46. The molecule has 7 heteroatoms. The Hall–Kier alpha value is -0.640. The minimum Gasteiger partial charge on any atom is -0.370 e. The molecule has 0 spiro atoms. The first-order chi connectivity index (χ1) is 10.7. The van der Waals surface area contributed by atoms with Gasteiger partial charge in [0.2, 0.25) is 0 Å². The molecule has 0 saturated carbocycles. The lowest BCUT2D eigenvalue weighted by Crippen LogP contribution is -2.38. The highest BCUT2D eigenvalue weighted by Crippen LogP contribution is 2.36. The zero-order valence-electron chi connectivity index (χ0n) is 13.1. The van der Waals surface area contributed by atoms with Gasteiger partial charge >= 0.3 is 0 Å². The van der Waals surface area contributed by atoms with E-state index >= 15 is 0 Å². The summed E-state index contributed by atoms with van der Waals surface area (Å²) in [6.45, 7) is 4.21. The number of rotatable bonds is 5. The van der Waals surface area contributed by atoms with Crippen LogP contribution in [0.4, 0.5) is 0 Å². The van der Waals surface area contributed by atoms with Crippen LogP contribution < -0.4 is 11.1 Å². The lowest BCUT2D eigenvalue weighted by molar-refractivity contribution is -0.0375. The van der Waals surface area contributed by atoms with Gasteiger partial charge in [-0.1, -0.05) is 6.07 Å². The summed E-state index contributed by atoms with van der Waals surface area (Å²) >= 11 is 3.56. The molecule has 23 heavy (non-hydrogen) atoms. The molecule has 0 fully saturated rings. The van der Waals surface area contributed by atoms with E-state index in [-0.39, 0.29) is 29.6 Å². The molecule has 3 rings (SSSR count). The normalized spacial score (nSPS) is 20.7. The van der Waals surface area contributed by atoms with Crippen molar-refractivity contribution in [2.75, 3.05) is 19.7 Å². The number of halogens is 1. The van der Waals surface area contributed by atoms with E-state index < -0.39 is 0 Å². The number of hydrogen-bond donors (Lipinski definition) is 2. The van der Waals surface area contributed by atoms with Crippen LogP contribution in [0.3, 0.4) is 0 Å². The van der Waals surface area contributed by atoms with Gasteiger partial charge in [-0.05, 0) is 41.8 Å². The van der Waals surface area contributed by atoms with Crippen molar-refractivity contribution >= 4 is 52.6 Å². The van der Waals surface area contributed by atoms with E-state index in [9.17, 15) is 0 Å². The molecule has 0 aromatic carbocycles. The van der Waals surface area contributed by atoms with Crippen molar-refractivity contribution in [2.45, 2.75) is 25.4 Å². The van der Waals surface area contributed by atoms with Crippen LogP contribution in [-0.2, 0) is 23.2 Å². The van der Waals surface area contributed by atoms with Gasteiger partial charge in [0.05, 0.1) is 13.2 Å².